The van der Waals surface area contributed by atoms with Crippen LogP contribution in [-0.4, -0.2) is 21.4 Å². The first-order chi connectivity index (χ1) is 10.9. The van der Waals surface area contributed by atoms with Crippen LogP contribution < -0.4 is 5.56 Å². The topological polar surface area (TPSA) is 49.0 Å². The molecular formula is C18H25N3OS. The summed E-state index contributed by atoms with van der Waals surface area (Å²) in [6, 6.07) is 4.42. The fourth-order valence-electron chi connectivity index (χ4n) is 2.89. The van der Waals surface area contributed by atoms with Crippen molar-refractivity contribution in [3.63, 3.8) is 0 Å². The number of aromatic amines is 1. The number of hydrogen-bond acceptors (Lipinski definition) is 4. The van der Waals surface area contributed by atoms with Crippen molar-refractivity contribution in [3.8, 4) is 0 Å². The summed E-state index contributed by atoms with van der Waals surface area (Å²) in [5.41, 5.74) is 1.73. The smallest absolute Gasteiger partial charge is 0.255 e. The molecule has 23 heavy (non-hydrogen) atoms. The van der Waals surface area contributed by atoms with E-state index in [2.05, 4.69) is 49.7 Å². The molecule has 4 nitrogen and oxygen atoms in total. The van der Waals surface area contributed by atoms with Gasteiger partial charge in [0, 0.05) is 41.2 Å². The lowest BCUT2D eigenvalue weighted by molar-refractivity contribution is 0.243. The average molecular weight is 331 g/mol. The maximum absolute atomic E-state index is 12.5. The van der Waals surface area contributed by atoms with E-state index in [0.717, 1.165) is 43.0 Å². The zero-order valence-corrected chi connectivity index (χ0v) is 15.2. The minimum Gasteiger partial charge on any atom is -0.310 e. The Bertz CT molecular complexity index is 754. The number of nitrogens with one attached hydrogen (secondary N) is 1. The molecule has 1 aliphatic rings. The molecule has 0 amide bonds. The van der Waals surface area contributed by atoms with E-state index in [1.165, 1.54) is 9.75 Å². The first-order valence-electron chi connectivity index (χ1n) is 8.29. The highest BCUT2D eigenvalue weighted by molar-refractivity contribution is 7.11. The lowest BCUT2D eigenvalue weighted by Crippen LogP contribution is -2.36. The molecule has 0 atom stereocenters. The van der Waals surface area contributed by atoms with E-state index in [0.29, 0.717) is 6.54 Å². The standard InChI is InChI=1S/C18H25N3OS/c1-5-12-6-7-13(23-12)10-21-9-8-15-14(11-21)16(22)20-17(19-15)18(2,3)4/h6-7H,5,8-11H2,1-4H3,(H,19,20,22). The van der Waals surface area contributed by atoms with Crippen molar-refractivity contribution in [1.29, 1.82) is 0 Å². The summed E-state index contributed by atoms with van der Waals surface area (Å²) >= 11 is 1.87. The van der Waals surface area contributed by atoms with Crippen LogP contribution in [0.1, 0.15) is 54.5 Å². The van der Waals surface area contributed by atoms with Gasteiger partial charge in [-0.15, -0.1) is 11.3 Å². The highest BCUT2D eigenvalue weighted by atomic mass is 32.1. The maximum Gasteiger partial charge on any atom is 0.255 e. The fraction of sp³-hybridized carbons (Fsp3) is 0.556. The van der Waals surface area contributed by atoms with Crippen molar-refractivity contribution in [3.05, 3.63) is 49.3 Å². The van der Waals surface area contributed by atoms with Crippen LogP contribution in [0.25, 0.3) is 0 Å². The maximum atomic E-state index is 12.5. The van der Waals surface area contributed by atoms with Gasteiger partial charge in [-0.3, -0.25) is 9.69 Å². The lowest BCUT2D eigenvalue weighted by Gasteiger charge is -2.28. The highest BCUT2D eigenvalue weighted by Crippen LogP contribution is 2.23. The Hall–Kier alpha value is -1.46. The molecule has 0 radical (unpaired) electrons. The van der Waals surface area contributed by atoms with Gasteiger partial charge in [0.2, 0.25) is 0 Å². The van der Waals surface area contributed by atoms with E-state index < -0.39 is 0 Å². The molecule has 124 valence electrons. The largest absolute Gasteiger partial charge is 0.310 e. The molecule has 0 unspecified atom stereocenters. The molecule has 0 fully saturated rings. The number of H-pyrrole nitrogens is 1. The van der Waals surface area contributed by atoms with Crippen LogP contribution in [0, 0.1) is 0 Å². The Morgan fingerprint density at radius 3 is 2.70 bits per heavy atom. The van der Waals surface area contributed by atoms with Gasteiger partial charge < -0.3 is 4.98 Å². The number of fused-ring (bicyclic) bond motifs is 1. The average Bonchev–Trinajstić information content (AvgIpc) is 2.94. The van der Waals surface area contributed by atoms with Gasteiger partial charge in [-0.05, 0) is 18.6 Å². The molecule has 0 spiro atoms. The molecule has 2 aromatic heterocycles. The van der Waals surface area contributed by atoms with Crippen molar-refractivity contribution in [2.75, 3.05) is 6.54 Å². The predicted molar refractivity (Wildman–Crippen MR) is 95.1 cm³/mol. The molecular weight excluding hydrogens is 306 g/mol. The van der Waals surface area contributed by atoms with Gasteiger partial charge in [0.25, 0.3) is 5.56 Å². The first-order valence-corrected chi connectivity index (χ1v) is 9.11. The van der Waals surface area contributed by atoms with Crippen LogP contribution in [0.3, 0.4) is 0 Å². The second-order valence-corrected chi connectivity index (χ2v) is 8.52. The molecule has 0 aliphatic carbocycles. The quantitative estimate of drug-likeness (QED) is 0.939. The van der Waals surface area contributed by atoms with E-state index in [1.54, 1.807) is 0 Å². The molecule has 0 saturated carbocycles. The summed E-state index contributed by atoms with van der Waals surface area (Å²) in [6.45, 7) is 11.0. The SMILES string of the molecule is CCc1ccc(CN2CCc3nc(C(C)(C)C)[nH]c(=O)c3C2)s1. The van der Waals surface area contributed by atoms with Gasteiger partial charge in [-0.25, -0.2) is 4.98 Å². The van der Waals surface area contributed by atoms with Gasteiger partial charge in [-0.2, -0.15) is 0 Å². The molecule has 0 saturated heterocycles. The van der Waals surface area contributed by atoms with Gasteiger partial charge in [0.05, 0.1) is 11.3 Å². The number of thiophene rings is 1. The molecule has 3 rings (SSSR count). The Morgan fingerprint density at radius 2 is 2.04 bits per heavy atom. The number of hydrogen-bond donors (Lipinski definition) is 1. The highest BCUT2D eigenvalue weighted by Gasteiger charge is 2.24. The summed E-state index contributed by atoms with van der Waals surface area (Å²) < 4.78 is 0. The Balaban J connectivity index is 1.79. The molecule has 1 aliphatic heterocycles. The van der Waals surface area contributed by atoms with Crippen molar-refractivity contribution >= 4 is 11.3 Å². The summed E-state index contributed by atoms with van der Waals surface area (Å²) in [5, 5.41) is 0. The van der Waals surface area contributed by atoms with E-state index in [1.807, 2.05) is 11.3 Å². The third-order valence-electron chi connectivity index (χ3n) is 4.30. The third-order valence-corrected chi connectivity index (χ3v) is 5.52. The van der Waals surface area contributed by atoms with Crippen molar-refractivity contribution < 1.29 is 0 Å². The van der Waals surface area contributed by atoms with Crippen LogP contribution in [0.4, 0.5) is 0 Å². The van der Waals surface area contributed by atoms with Gasteiger partial charge in [0.1, 0.15) is 5.82 Å². The third kappa shape index (κ3) is 3.56. The van der Waals surface area contributed by atoms with Gasteiger partial charge in [-0.1, -0.05) is 27.7 Å². The van der Waals surface area contributed by atoms with Crippen LogP contribution in [-0.2, 0) is 31.3 Å². The normalized spacial score (nSPS) is 15.7. The molecule has 2 aromatic rings. The second kappa shape index (κ2) is 6.21. The first kappa shape index (κ1) is 16.4. The molecule has 0 bridgehead atoms. The summed E-state index contributed by atoms with van der Waals surface area (Å²) in [5.74, 6) is 0.792. The van der Waals surface area contributed by atoms with Crippen LogP contribution >= 0.6 is 11.3 Å². The van der Waals surface area contributed by atoms with Crippen LogP contribution in [0.15, 0.2) is 16.9 Å². The van der Waals surface area contributed by atoms with E-state index in [-0.39, 0.29) is 11.0 Å². The Morgan fingerprint density at radius 1 is 1.30 bits per heavy atom. The summed E-state index contributed by atoms with van der Waals surface area (Å²) in [7, 11) is 0. The number of nitrogens with zero attached hydrogens (tertiary/aromatic N) is 2. The Kier molecular flexibility index (Phi) is 4.43. The van der Waals surface area contributed by atoms with Crippen LogP contribution in [0.2, 0.25) is 0 Å². The predicted octanol–water partition coefficient (Wildman–Crippen LogP) is 3.25. The van der Waals surface area contributed by atoms with Gasteiger partial charge >= 0.3 is 0 Å². The van der Waals surface area contributed by atoms with E-state index in [9.17, 15) is 4.79 Å². The van der Waals surface area contributed by atoms with Crippen LogP contribution in [0.5, 0.6) is 0 Å². The lowest BCUT2D eigenvalue weighted by atomic mass is 9.95. The summed E-state index contributed by atoms with van der Waals surface area (Å²) in [4.78, 5) is 25.3. The number of rotatable bonds is 3. The molecule has 0 aromatic carbocycles. The molecule has 5 heteroatoms. The minimum absolute atomic E-state index is 0.0325. The zero-order valence-electron chi connectivity index (χ0n) is 14.4. The molecule has 3 heterocycles. The van der Waals surface area contributed by atoms with E-state index in [4.69, 9.17) is 4.98 Å². The monoisotopic (exact) mass is 331 g/mol. The van der Waals surface area contributed by atoms with Crippen molar-refractivity contribution in [1.82, 2.24) is 14.9 Å². The Labute approximate surface area is 141 Å². The van der Waals surface area contributed by atoms with Gasteiger partial charge in [0.15, 0.2) is 0 Å². The molecule has 1 N–H and O–H groups in total. The second-order valence-electron chi connectivity index (χ2n) is 7.27. The van der Waals surface area contributed by atoms with E-state index >= 15 is 0 Å². The number of aryl methyl sites for hydroxylation is 1. The zero-order chi connectivity index (χ0) is 16.6. The summed E-state index contributed by atoms with van der Waals surface area (Å²) in [6.07, 6.45) is 1.95. The van der Waals surface area contributed by atoms with Crippen molar-refractivity contribution in [2.24, 2.45) is 0 Å². The number of aromatic nitrogens is 2. The minimum atomic E-state index is -0.126. The fourth-order valence-corrected chi connectivity index (χ4v) is 3.89. The van der Waals surface area contributed by atoms with Crippen molar-refractivity contribution in [2.45, 2.75) is 59.0 Å².